The monoisotopic (exact) mass is 330 g/mol. The molecular formula is C22H34O2. The zero-order valence-corrected chi connectivity index (χ0v) is 15.2. The van der Waals surface area contributed by atoms with E-state index < -0.39 is 5.97 Å². The first-order chi connectivity index (χ1) is 11.8. The Bertz CT molecular complexity index is 425. The molecule has 0 bridgehead atoms. The molecule has 0 aromatic heterocycles. The maximum atomic E-state index is 10.3. The van der Waals surface area contributed by atoms with Gasteiger partial charge < -0.3 is 5.11 Å². The maximum absolute atomic E-state index is 10.3. The molecule has 0 rings (SSSR count). The largest absolute Gasteiger partial charge is 0.481 e. The van der Waals surface area contributed by atoms with Gasteiger partial charge in [-0.15, -0.1) is 0 Å². The van der Waals surface area contributed by atoms with Crippen LogP contribution in [0.5, 0.6) is 0 Å². The number of carboxylic acid groups (broad SMARTS) is 1. The predicted octanol–water partition coefficient (Wildman–Crippen LogP) is 6.77. The molecule has 0 radical (unpaired) electrons. The summed E-state index contributed by atoms with van der Waals surface area (Å²) in [6.45, 7) is 2.24. The third kappa shape index (κ3) is 20.2. The topological polar surface area (TPSA) is 37.3 Å². The molecule has 0 atom stereocenters. The van der Waals surface area contributed by atoms with Gasteiger partial charge in [-0.25, -0.2) is 0 Å². The van der Waals surface area contributed by atoms with E-state index >= 15 is 0 Å². The van der Waals surface area contributed by atoms with Gasteiger partial charge in [0.25, 0.3) is 0 Å². The zero-order chi connectivity index (χ0) is 17.7. The van der Waals surface area contributed by atoms with Crippen molar-refractivity contribution in [1.29, 1.82) is 0 Å². The molecule has 0 saturated carbocycles. The van der Waals surface area contributed by atoms with Crippen LogP contribution in [0, 0.1) is 0 Å². The van der Waals surface area contributed by atoms with Crippen molar-refractivity contribution in [2.24, 2.45) is 0 Å². The molecule has 0 aliphatic carbocycles. The van der Waals surface area contributed by atoms with Crippen molar-refractivity contribution in [3.05, 3.63) is 60.8 Å². The summed E-state index contributed by atoms with van der Waals surface area (Å²) in [6, 6.07) is 0. The van der Waals surface area contributed by atoms with Gasteiger partial charge in [0, 0.05) is 6.42 Å². The Balaban J connectivity index is 3.46. The summed E-state index contributed by atoms with van der Waals surface area (Å²) in [5, 5.41) is 8.48. The standard InChI is InChI=1S/C22H34O2/c1-2-3-4-5-6-7-8-9-10-11-12-13-14-15-16-17-18-19-20-21-22(23)24/h6-7,12-19H,2-5,8-11,20-21H2,1H3,(H,23,24)/b7-6+,13-12+,15-14+,17-16+,19-18+. The van der Waals surface area contributed by atoms with Gasteiger partial charge in [-0.1, -0.05) is 80.5 Å². The molecule has 0 unspecified atom stereocenters. The van der Waals surface area contributed by atoms with Crippen LogP contribution in [0.25, 0.3) is 0 Å². The maximum Gasteiger partial charge on any atom is 0.303 e. The Kier molecular flexibility index (Phi) is 17.8. The van der Waals surface area contributed by atoms with E-state index in [-0.39, 0.29) is 6.42 Å². The van der Waals surface area contributed by atoms with Gasteiger partial charge >= 0.3 is 5.97 Å². The minimum atomic E-state index is -0.753. The molecule has 0 heterocycles. The SMILES string of the molecule is CCCCC/C=C/CCCC/C=C/C=C/C=C/C=C/CCC(=O)O. The number of hydrogen-bond acceptors (Lipinski definition) is 1. The molecule has 0 aliphatic rings. The minimum absolute atomic E-state index is 0.192. The normalized spacial score (nSPS) is 12.7. The van der Waals surface area contributed by atoms with Crippen molar-refractivity contribution in [3.8, 4) is 0 Å². The second kappa shape index (κ2) is 19.2. The zero-order valence-electron chi connectivity index (χ0n) is 15.2. The van der Waals surface area contributed by atoms with Gasteiger partial charge in [0.2, 0.25) is 0 Å². The molecule has 134 valence electrons. The van der Waals surface area contributed by atoms with E-state index in [9.17, 15) is 4.79 Å². The molecule has 0 spiro atoms. The second-order valence-corrected chi connectivity index (χ2v) is 5.81. The van der Waals surface area contributed by atoms with E-state index in [1.54, 1.807) is 0 Å². The first-order valence-corrected chi connectivity index (χ1v) is 9.29. The summed E-state index contributed by atoms with van der Waals surface area (Å²) < 4.78 is 0. The van der Waals surface area contributed by atoms with Crippen molar-refractivity contribution in [1.82, 2.24) is 0 Å². The minimum Gasteiger partial charge on any atom is -0.481 e. The fourth-order valence-electron chi connectivity index (χ4n) is 2.09. The summed E-state index contributed by atoms with van der Waals surface area (Å²) in [6.07, 6.45) is 31.4. The molecule has 0 aliphatic heterocycles. The van der Waals surface area contributed by atoms with Crippen LogP contribution in [0.3, 0.4) is 0 Å². The van der Waals surface area contributed by atoms with Crippen molar-refractivity contribution in [2.75, 3.05) is 0 Å². The van der Waals surface area contributed by atoms with Crippen molar-refractivity contribution < 1.29 is 9.90 Å². The lowest BCUT2D eigenvalue weighted by Crippen LogP contribution is -1.91. The Morgan fingerprint density at radius 3 is 1.67 bits per heavy atom. The summed E-state index contributed by atoms with van der Waals surface area (Å²) >= 11 is 0. The first kappa shape index (κ1) is 22.2. The number of carbonyl (C=O) groups is 1. The van der Waals surface area contributed by atoms with E-state index in [0.29, 0.717) is 6.42 Å². The fourth-order valence-corrected chi connectivity index (χ4v) is 2.09. The number of hydrogen-bond donors (Lipinski definition) is 1. The van der Waals surface area contributed by atoms with Gasteiger partial charge in [0.15, 0.2) is 0 Å². The van der Waals surface area contributed by atoms with Gasteiger partial charge in [-0.3, -0.25) is 4.79 Å². The van der Waals surface area contributed by atoms with E-state index in [1.807, 2.05) is 36.5 Å². The average molecular weight is 331 g/mol. The van der Waals surface area contributed by atoms with Crippen molar-refractivity contribution in [3.63, 3.8) is 0 Å². The van der Waals surface area contributed by atoms with E-state index in [0.717, 1.165) is 6.42 Å². The summed E-state index contributed by atoms with van der Waals surface area (Å²) in [4.78, 5) is 10.3. The smallest absolute Gasteiger partial charge is 0.303 e. The Morgan fingerprint density at radius 1 is 0.667 bits per heavy atom. The first-order valence-electron chi connectivity index (χ1n) is 9.29. The van der Waals surface area contributed by atoms with Crippen LogP contribution < -0.4 is 0 Å². The molecule has 0 aromatic carbocycles. The summed E-state index contributed by atoms with van der Waals surface area (Å²) in [7, 11) is 0. The molecule has 2 heteroatoms. The van der Waals surface area contributed by atoms with Crippen LogP contribution in [0.2, 0.25) is 0 Å². The molecule has 1 N–H and O–H groups in total. The highest BCUT2D eigenvalue weighted by Crippen LogP contribution is 2.04. The van der Waals surface area contributed by atoms with Gasteiger partial charge in [-0.2, -0.15) is 0 Å². The molecule has 24 heavy (non-hydrogen) atoms. The van der Waals surface area contributed by atoms with E-state index in [2.05, 4.69) is 31.2 Å². The van der Waals surface area contributed by atoms with Crippen molar-refractivity contribution in [2.45, 2.75) is 71.1 Å². The molecule has 0 fully saturated rings. The van der Waals surface area contributed by atoms with Crippen LogP contribution in [-0.2, 0) is 4.79 Å². The van der Waals surface area contributed by atoms with Gasteiger partial charge in [-0.05, 0) is 44.9 Å². The van der Waals surface area contributed by atoms with Crippen LogP contribution >= 0.6 is 0 Å². The number of unbranched alkanes of at least 4 members (excludes halogenated alkanes) is 6. The van der Waals surface area contributed by atoms with E-state index in [4.69, 9.17) is 5.11 Å². The second-order valence-electron chi connectivity index (χ2n) is 5.81. The van der Waals surface area contributed by atoms with Crippen LogP contribution in [0.15, 0.2) is 60.8 Å². The Morgan fingerprint density at radius 2 is 1.12 bits per heavy atom. The highest BCUT2D eigenvalue weighted by Gasteiger charge is 1.90. The van der Waals surface area contributed by atoms with E-state index in [1.165, 1.54) is 44.9 Å². The van der Waals surface area contributed by atoms with Crippen LogP contribution in [0.4, 0.5) is 0 Å². The summed E-state index contributed by atoms with van der Waals surface area (Å²) in [5.41, 5.74) is 0. The highest BCUT2D eigenvalue weighted by molar-refractivity contribution is 5.66. The fraction of sp³-hybridized carbons (Fsp3) is 0.500. The molecular weight excluding hydrogens is 296 g/mol. The van der Waals surface area contributed by atoms with Crippen LogP contribution in [-0.4, -0.2) is 11.1 Å². The number of rotatable bonds is 15. The Labute approximate surface area is 148 Å². The number of carboxylic acids is 1. The summed E-state index contributed by atoms with van der Waals surface area (Å²) in [5.74, 6) is -0.753. The van der Waals surface area contributed by atoms with Gasteiger partial charge in [0.05, 0.1) is 0 Å². The predicted molar refractivity (Wildman–Crippen MR) is 105 cm³/mol. The molecule has 0 aromatic rings. The number of aliphatic carboxylic acids is 1. The third-order valence-electron chi connectivity index (χ3n) is 3.49. The highest BCUT2D eigenvalue weighted by atomic mass is 16.4. The molecule has 0 saturated heterocycles. The average Bonchev–Trinajstić information content (AvgIpc) is 2.56. The lowest BCUT2D eigenvalue weighted by atomic mass is 10.1. The molecule has 0 amide bonds. The lowest BCUT2D eigenvalue weighted by Gasteiger charge is -1.94. The Hall–Kier alpha value is -1.83. The van der Waals surface area contributed by atoms with Gasteiger partial charge in [0.1, 0.15) is 0 Å². The van der Waals surface area contributed by atoms with Crippen LogP contribution in [0.1, 0.15) is 71.1 Å². The third-order valence-corrected chi connectivity index (χ3v) is 3.49. The lowest BCUT2D eigenvalue weighted by molar-refractivity contribution is -0.136. The molecule has 2 nitrogen and oxygen atoms in total. The number of allylic oxidation sites excluding steroid dienone is 10. The van der Waals surface area contributed by atoms with Crippen molar-refractivity contribution >= 4 is 5.97 Å². The quantitative estimate of drug-likeness (QED) is 0.204.